The summed E-state index contributed by atoms with van der Waals surface area (Å²) in [6.45, 7) is 0.944. The first-order valence-corrected chi connectivity index (χ1v) is 5.93. The minimum atomic E-state index is -7.69. The summed E-state index contributed by atoms with van der Waals surface area (Å²) in [6.07, 6.45) is -6.21. The molecule has 0 saturated carbocycles. The lowest BCUT2D eigenvalue weighted by Crippen LogP contribution is -2.73. The Labute approximate surface area is 126 Å². The lowest BCUT2D eigenvalue weighted by atomic mass is 9.90. The van der Waals surface area contributed by atoms with Gasteiger partial charge in [0.2, 0.25) is 0 Å². The highest BCUT2D eigenvalue weighted by Gasteiger charge is 2.90. The van der Waals surface area contributed by atoms with Gasteiger partial charge in [0.15, 0.2) is 6.17 Å². The van der Waals surface area contributed by atoms with Gasteiger partial charge < -0.3 is 15.3 Å². The Balaban J connectivity index is 6.20. The van der Waals surface area contributed by atoms with Crippen LogP contribution in [0.3, 0.4) is 0 Å². The van der Waals surface area contributed by atoms with E-state index in [9.17, 15) is 48.3 Å². The van der Waals surface area contributed by atoms with E-state index in [1.54, 1.807) is 0 Å². The Morgan fingerprint density at radius 1 is 0.667 bits per heavy atom. The second kappa shape index (κ2) is 6.12. The number of rotatable bonds is 8. The summed E-state index contributed by atoms with van der Waals surface area (Å²) in [6, 6.07) is 0. The van der Waals surface area contributed by atoms with E-state index in [1.807, 2.05) is 0 Å². The fourth-order valence-electron chi connectivity index (χ4n) is 1.45. The number of alkyl halides is 11. The van der Waals surface area contributed by atoms with E-state index in [4.69, 9.17) is 15.3 Å². The summed E-state index contributed by atoms with van der Waals surface area (Å²) in [7, 11) is 0. The molecule has 0 aromatic carbocycles. The van der Waals surface area contributed by atoms with E-state index in [2.05, 4.69) is 0 Å². The number of halogens is 11. The Morgan fingerprint density at radius 3 is 1.29 bits per heavy atom. The molecular weight excluding hydrogens is 377 g/mol. The van der Waals surface area contributed by atoms with Crippen LogP contribution in [-0.2, 0) is 0 Å². The number of aliphatic hydroxyl groups is 3. The van der Waals surface area contributed by atoms with E-state index < -0.39 is 54.6 Å². The zero-order valence-corrected chi connectivity index (χ0v) is 11.5. The van der Waals surface area contributed by atoms with Gasteiger partial charge in [-0.2, -0.15) is 43.9 Å². The van der Waals surface area contributed by atoms with E-state index in [-0.39, 0.29) is 0 Å². The minimum absolute atomic E-state index is 0.613. The predicted molar refractivity (Wildman–Crippen MR) is 53.9 cm³/mol. The van der Waals surface area contributed by atoms with Crippen LogP contribution in [0.25, 0.3) is 0 Å². The van der Waals surface area contributed by atoms with Crippen molar-refractivity contribution in [2.75, 3.05) is 0 Å². The molecule has 0 heterocycles. The van der Waals surface area contributed by atoms with Gasteiger partial charge >= 0.3 is 35.6 Å². The van der Waals surface area contributed by atoms with Crippen molar-refractivity contribution in [3.63, 3.8) is 0 Å². The molecule has 146 valence electrons. The normalized spacial score (nSPS) is 17.1. The summed E-state index contributed by atoms with van der Waals surface area (Å²) in [5.41, 5.74) is 0. The maximum atomic E-state index is 13.2. The van der Waals surface area contributed by atoms with E-state index >= 15 is 0 Å². The molecule has 0 radical (unpaired) electrons. The lowest BCUT2D eigenvalue weighted by molar-refractivity contribution is -0.485. The quantitative estimate of drug-likeness (QED) is 0.443. The highest BCUT2D eigenvalue weighted by atomic mass is 19.4. The van der Waals surface area contributed by atoms with E-state index in [1.165, 1.54) is 0 Å². The van der Waals surface area contributed by atoms with Crippen molar-refractivity contribution < 1.29 is 63.6 Å². The first-order valence-electron chi connectivity index (χ1n) is 5.93. The van der Waals surface area contributed by atoms with Crippen LogP contribution in [0.4, 0.5) is 48.3 Å². The smallest absolute Gasteiger partial charge is 0.339 e. The van der Waals surface area contributed by atoms with Crippen LogP contribution in [0.1, 0.15) is 19.8 Å². The fraction of sp³-hybridized carbons (Fsp3) is 1.00. The third-order valence-corrected chi connectivity index (χ3v) is 2.96. The van der Waals surface area contributed by atoms with Gasteiger partial charge in [0.05, 0.1) is 0 Å². The van der Waals surface area contributed by atoms with Gasteiger partial charge in [-0.3, -0.25) is 0 Å². The van der Waals surface area contributed by atoms with Gasteiger partial charge in [-0.05, 0) is 6.42 Å². The Morgan fingerprint density at radius 2 is 1.00 bits per heavy atom. The van der Waals surface area contributed by atoms with Crippen molar-refractivity contribution in [3.05, 3.63) is 0 Å². The van der Waals surface area contributed by atoms with Crippen molar-refractivity contribution in [2.24, 2.45) is 0 Å². The molecule has 1 unspecified atom stereocenters. The maximum Gasteiger partial charge on any atom is 0.395 e. The average Bonchev–Trinajstić information content (AvgIpc) is 2.36. The van der Waals surface area contributed by atoms with Crippen LogP contribution >= 0.6 is 0 Å². The SMILES string of the molecule is CCCC(F)C(F)(F)C(F)(F)C(F)(F)C(F)(F)C(F)(F)C(O)(O)O. The topological polar surface area (TPSA) is 60.7 Å². The zero-order valence-electron chi connectivity index (χ0n) is 11.5. The van der Waals surface area contributed by atoms with Gasteiger partial charge in [0.25, 0.3) is 0 Å². The lowest BCUT2D eigenvalue weighted by Gasteiger charge is -2.41. The molecule has 3 nitrogen and oxygen atoms in total. The summed E-state index contributed by atoms with van der Waals surface area (Å²) in [4.78, 5) is 0. The molecule has 0 aliphatic heterocycles. The van der Waals surface area contributed by atoms with Crippen molar-refractivity contribution in [1.29, 1.82) is 0 Å². The van der Waals surface area contributed by atoms with Gasteiger partial charge in [0, 0.05) is 0 Å². The van der Waals surface area contributed by atoms with Gasteiger partial charge in [-0.1, -0.05) is 13.3 Å². The molecule has 0 fully saturated rings. The number of hydrogen-bond acceptors (Lipinski definition) is 3. The molecule has 0 spiro atoms. The van der Waals surface area contributed by atoms with Crippen LogP contribution in [0.5, 0.6) is 0 Å². The minimum Gasteiger partial charge on any atom is -0.339 e. The summed E-state index contributed by atoms with van der Waals surface area (Å²) in [5, 5.41) is 23.8. The molecule has 0 saturated heterocycles. The summed E-state index contributed by atoms with van der Waals surface area (Å²) in [5.74, 6) is -42.3. The van der Waals surface area contributed by atoms with Gasteiger partial charge in [-0.25, -0.2) is 4.39 Å². The van der Waals surface area contributed by atoms with Crippen molar-refractivity contribution in [2.45, 2.75) is 61.5 Å². The third-order valence-electron chi connectivity index (χ3n) is 2.96. The van der Waals surface area contributed by atoms with Crippen LogP contribution < -0.4 is 0 Å². The fourth-order valence-corrected chi connectivity index (χ4v) is 1.45. The molecule has 0 aliphatic carbocycles. The second-order valence-corrected chi connectivity index (χ2v) is 4.81. The molecule has 0 amide bonds. The highest BCUT2D eigenvalue weighted by Crippen LogP contribution is 2.59. The molecular formula is C10H11F11O3. The highest BCUT2D eigenvalue weighted by molar-refractivity contribution is 5.11. The average molecular weight is 388 g/mol. The third kappa shape index (κ3) is 3.03. The predicted octanol–water partition coefficient (Wildman–Crippen LogP) is 2.93. The first kappa shape index (κ1) is 23.1. The van der Waals surface area contributed by atoms with Crippen molar-refractivity contribution >= 4 is 0 Å². The molecule has 14 heteroatoms. The van der Waals surface area contributed by atoms with Gasteiger partial charge in [0.1, 0.15) is 0 Å². The summed E-state index contributed by atoms with van der Waals surface area (Å²) >= 11 is 0. The van der Waals surface area contributed by atoms with E-state index in [0.29, 0.717) is 0 Å². The molecule has 0 rings (SSSR count). The molecule has 24 heavy (non-hydrogen) atoms. The Hall–Kier alpha value is -0.890. The summed E-state index contributed by atoms with van der Waals surface area (Å²) < 4.78 is 144. The van der Waals surface area contributed by atoms with Crippen LogP contribution in [-0.4, -0.2) is 57.1 Å². The van der Waals surface area contributed by atoms with Gasteiger partial charge in [-0.15, -0.1) is 0 Å². The van der Waals surface area contributed by atoms with Crippen LogP contribution in [0.2, 0.25) is 0 Å². The molecule has 0 aromatic heterocycles. The standard InChI is InChI=1S/C10H11F11O3/c1-2-3-4(11)5(12,13)6(14,15)7(16,17)8(18,19)9(20,21)10(22,23)24/h4,22-24H,2-3H2,1H3. The van der Waals surface area contributed by atoms with Crippen molar-refractivity contribution in [3.8, 4) is 0 Å². The molecule has 3 N–H and O–H groups in total. The van der Waals surface area contributed by atoms with E-state index in [0.717, 1.165) is 6.92 Å². The number of hydrogen-bond donors (Lipinski definition) is 3. The Kier molecular flexibility index (Phi) is 5.90. The molecule has 1 atom stereocenters. The monoisotopic (exact) mass is 388 g/mol. The Bertz CT molecular complexity index is 444. The van der Waals surface area contributed by atoms with Crippen LogP contribution in [0.15, 0.2) is 0 Å². The zero-order chi connectivity index (χ0) is 20.0. The first-order chi connectivity index (χ1) is 10.2. The second-order valence-electron chi connectivity index (χ2n) is 4.81. The molecule has 0 bridgehead atoms. The molecule has 0 aliphatic rings. The molecule has 0 aromatic rings. The van der Waals surface area contributed by atoms with Crippen LogP contribution in [0, 0.1) is 0 Å². The largest absolute Gasteiger partial charge is 0.395 e. The maximum absolute atomic E-state index is 13.2. The van der Waals surface area contributed by atoms with Crippen molar-refractivity contribution in [1.82, 2.24) is 0 Å².